The van der Waals surface area contributed by atoms with Crippen LogP contribution in [0.2, 0.25) is 13.1 Å². The van der Waals surface area contributed by atoms with Crippen LogP contribution >= 0.6 is 11.1 Å². The van der Waals surface area contributed by atoms with Crippen molar-refractivity contribution in [3.05, 3.63) is 0 Å². The zero-order valence-corrected chi connectivity index (χ0v) is 9.75. The van der Waals surface area contributed by atoms with Crippen LogP contribution < -0.4 is 0 Å². The minimum absolute atomic E-state index is 0.0796. The summed E-state index contributed by atoms with van der Waals surface area (Å²) < 4.78 is 0. The number of carbonyl (C=O) groups is 1. The van der Waals surface area contributed by atoms with E-state index in [1.165, 1.54) is 0 Å². The van der Waals surface area contributed by atoms with Crippen LogP contribution in [0.15, 0.2) is 0 Å². The molecule has 0 amide bonds. The second-order valence-electron chi connectivity index (χ2n) is 4.63. The van der Waals surface area contributed by atoms with E-state index >= 15 is 0 Å². The highest BCUT2D eigenvalue weighted by atomic mass is 35.6. The highest BCUT2D eigenvalue weighted by molar-refractivity contribution is 7.34. The summed E-state index contributed by atoms with van der Waals surface area (Å²) in [6.45, 7) is 9.93. The summed E-state index contributed by atoms with van der Waals surface area (Å²) in [5, 5.41) is 0.256. The van der Waals surface area contributed by atoms with Gasteiger partial charge in [-0.1, -0.05) is 20.8 Å². The van der Waals surface area contributed by atoms with Crippen LogP contribution in [0.25, 0.3) is 0 Å². The Morgan fingerprint density at radius 3 is 1.82 bits per heavy atom. The Kier molecular flexibility index (Phi) is 3.33. The normalized spacial score (nSPS) is 13.3. The largest absolute Gasteiger partial charge is 0.304 e. The Balaban J connectivity index is 4.11. The van der Waals surface area contributed by atoms with Crippen molar-refractivity contribution in [1.29, 1.82) is 0 Å². The van der Waals surface area contributed by atoms with Gasteiger partial charge in [0.05, 0.1) is 0 Å². The molecule has 0 N–H and O–H groups in total. The molecule has 0 unspecified atom stereocenters. The first-order valence-corrected chi connectivity index (χ1v) is 7.86. The zero-order chi connectivity index (χ0) is 9.28. The minimum Gasteiger partial charge on any atom is -0.304 e. The standard InChI is InChI=1S/C8H17ClOSi/c1-8(2,3)6-7(10)11(4,5)9/h6H2,1-5H3. The van der Waals surface area contributed by atoms with Crippen molar-refractivity contribution in [1.82, 2.24) is 0 Å². The van der Waals surface area contributed by atoms with Gasteiger partial charge in [-0.05, 0) is 18.5 Å². The fourth-order valence-corrected chi connectivity index (χ4v) is 1.84. The number of hydrogen-bond donors (Lipinski definition) is 0. The molecule has 0 bridgehead atoms. The molecule has 0 spiro atoms. The summed E-state index contributed by atoms with van der Waals surface area (Å²) in [5.41, 5.74) is 0.0796. The average molecular weight is 193 g/mol. The molecule has 0 aliphatic heterocycles. The summed E-state index contributed by atoms with van der Waals surface area (Å²) in [6, 6.07) is 0. The van der Waals surface area contributed by atoms with Crippen LogP contribution in [0.1, 0.15) is 27.2 Å². The molecule has 11 heavy (non-hydrogen) atoms. The van der Waals surface area contributed by atoms with Gasteiger partial charge in [-0.3, -0.25) is 0 Å². The van der Waals surface area contributed by atoms with Crippen LogP contribution in [0.3, 0.4) is 0 Å². The van der Waals surface area contributed by atoms with E-state index < -0.39 is 7.38 Å². The summed E-state index contributed by atoms with van der Waals surface area (Å²) in [5.74, 6) is 0. The SMILES string of the molecule is CC(C)(C)CC(=O)[Si](C)(C)Cl. The van der Waals surface area contributed by atoms with E-state index in [1.807, 2.05) is 13.1 Å². The van der Waals surface area contributed by atoms with Gasteiger partial charge < -0.3 is 4.79 Å². The molecule has 0 heterocycles. The molecule has 0 aromatic rings. The fourth-order valence-electron chi connectivity index (χ4n) is 0.692. The van der Waals surface area contributed by atoms with E-state index in [2.05, 4.69) is 20.8 Å². The van der Waals surface area contributed by atoms with Gasteiger partial charge in [0, 0.05) is 6.42 Å². The van der Waals surface area contributed by atoms with Gasteiger partial charge in [0.15, 0.2) is 0 Å². The van der Waals surface area contributed by atoms with Crippen molar-refractivity contribution in [2.45, 2.75) is 40.3 Å². The summed E-state index contributed by atoms with van der Waals surface area (Å²) in [4.78, 5) is 11.4. The molecular formula is C8H17ClOSi. The van der Waals surface area contributed by atoms with Crippen LogP contribution in [-0.2, 0) is 4.79 Å². The van der Waals surface area contributed by atoms with E-state index in [1.54, 1.807) is 0 Å². The molecule has 0 saturated heterocycles. The Morgan fingerprint density at radius 1 is 1.36 bits per heavy atom. The lowest BCUT2D eigenvalue weighted by Crippen LogP contribution is -2.33. The lowest BCUT2D eigenvalue weighted by Gasteiger charge is -2.20. The molecule has 0 atom stereocenters. The van der Waals surface area contributed by atoms with Crippen molar-refractivity contribution >= 4 is 23.9 Å². The van der Waals surface area contributed by atoms with E-state index in [4.69, 9.17) is 11.1 Å². The van der Waals surface area contributed by atoms with E-state index in [0.29, 0.717) is 6.42 Å². The van der Waals surface area contributed by atoms with Gasteiger partial charge in [0.1, 0.15) is 5.41 Å². The van der Waals surface area contributed by atoms with Gasteiger partial charge in [0.2, 0.25) is 7.38 Å². The molecule has 3 heteroatoms. The van der Waals surface area contributed by atoms with Crippen molar-refractivity contribution in [2.75, 3.05) is 0 Å². The average Bonchev–Trinajstić information content (AvgIpc) is 1.56. The summed E-state index contributed by atoms with van der Waals surface area (Å²) in [7, 11) is -2.04. The smallest absolute Gasteiger partial charge is 0.223 e. The second kappa shape index (κ2) is 3.28. The highest BCUT2D eigenvalue weighted by Crippen LogP contribution is 2.23. The van der Waals surface area contributed by atoms with Crippen molar-refractivity contribution in [3.8, 4) is 0 Å². The second-order valence-corrected chi connectivity index (χ2v) is 11.0. The van der Waals surface area contributed by atoms with Gasteiger partial charge in [-0.25, -0.2) is 0 Å². The Bertz CT molecular complexity index is 152. The quantitative estimate of drug-likeness (QED) is 0.486. The molecular weight excluding hydrogens is 176 g/mol. The molecule has 66 valence electrons. The van der Waals surface area contributed by atoms with Crippen LogP contribution in [-0.4, -0.2) is 12.8 Å². The Morgan fingerprint density at radius 2 is 1.73 bits per heavy atom. The predicted octanol–water partition coefficient (Wildman–Crippen LogP) is 2.97. The summed E-state index contributed by atoms with van der Waals surface area (Å²) >= 11 is 5.98. The number of halogens is 1. The first-order valence-electron chi connectivity index (χ1n) is 3.85. The van der Waals surface area contributed by atoms with Gasteiger partial charge >= 0.3 is 0 Å². The van der Waals surface area contributed by atoms with Crippen molar-refractivity contribution in [2.24, 2.45) is 5.41 Å². The Hall–Kier alpha value is 0.177. The molecule has 0 aliphatic carbocycles. The predicted molar refractivity (Wildman–Crippen MR) is 52.4 cm³/mol. The lowest BCUT2D eigenvalue weighted by atomic mass is 9.93. The maximum atomic E-state index is 11.4. The monoisotopic (exact) mass is 192 g/mol. The van der Waals surface area contributed by atoms with E-state index in [-0.39, 0.29) is 10.8 Å². The number of hydrogen-bond acceptors (Lipinski definition) is 1. The molecule has 0 aliphatic rings. The van der Waals surface area contributed by atoms with Crippen LogP contribution in [0, 0.1) is 5.41 Å². The van der Waals surface area contributed by atoms with Crippen LogP contribution in [0.5, 0.6) is 0 Å². The summed E-state index contributed by atoms with van der Waals surface area (Å²) in [6.07, 6.45) is 0.607. The van der Waals surface area contributed by atoms with Crippen LogP contribution in [0.4, 0.5) is 0 Å². The molecule has 0 fully saturated rings. The fraction of sp³-hybridized carbons (Fsp3) is 0.875. The third-order valence-electron chi connectivity index (χ3n) is 1.35. The molecule has 1 nitrogen and oxygen atoms in total. The minimum atomic E-state index is -2.04. The Labute approximate surface area is 74.8 Å². The van der Waals surface area contributed by atoms with Gasteiger partial charge in [-0.15, -0.1) is 0 Å². The van der Waals surface area contributed by atoms with E-state index in [0.717, 1.165) is 0 Å². The van der Waals surface area contributed by atoms with Crippen molar-refractivity contribution < 1.29 is 4.79 Å². The van der Waals surface area contributed by atoms with E-state index in [9.17, 15) is 4.79 Å². The number of rotatable bonds is 2. The van der Waals surface area contributed by atoms with Crippen molar-refractivity contribution in [3.63, 3.8) is 0 Å². The first kappa shape index (κ1) is 11.2. The maximum Gasteiger partial charge on any atom is 0.223 e. The first-order chi connectivity index (χ1) is 4.63. The molecule has 0 aromatic carbocycles. The molecule has 0 radical (unpaired) electrons. The molecule has 0 aromatic heterocycles. The van der Waals surface area contributed by atoms with Gasteiger partial charge in [0.25, 0.3) is 0 Å². The number of carbonyl (C=O) groups excluding carboxylic acids is 1. The third kappa shape index (κ3) is 5.45. The van der Waals surface area contributed by atoms with Gasteiger partial charge in [-0.2, -0.15) is 11.1 Å². The lowest BCUT2D eigenvalue weighted by molar-refractivity contribution is -0.114. The molecule has 0 rings (SSSR count). The molecule has 0 saturated carbocycles. The zero-order valence-electron chi connectivity index (χ0n) is 7.99. The topological polar surface area (TPSA) is 17.1 Å². The maximum absolute atomic E-state index is 11.4. The highest BCUT2D eigenvalue weighted by Gasteiger charge is 2.30. The third-order valence-corrected chi connectivity index (χ3v) is 3.49.